The van der Waals surface area contributed by atoms with Gasteiger partial charge in [-0.3, -0.25) is 9.48 Å². The molecule has 7 heteroatoms. The fraction of sp³-hybridized carbons (Fsp3) is 0.0800. The number of hydrogen-bond acceptors (Lipinski definition) is 5. The van der Waals surface area contributed by atoms with Crippen LogP contribution in [0, 0.1) is 0 Å². The van der Waals surface area contributed by atoms with E-state index in [1.165, 1.54) is 4.68 Å². The topological polar surface area (TPSA) is 90.4 Å². The largest absolute Gasteiger partial charge is 0.486 e. The lowest BCUT2D eigenvalue weighted by atomic mass is 10.1. The van der Waals surface area contributed by atoms with Gasteiger partial charge in [0.05, 0.1) is 17.1 Å². The third kappa shape index (κ3) is 3.83. The lowest BCUT2D eigenvalue weighted by Gasteiger charge is -2.07. The first kappa shape index (κ1) is 19.6. The number of fused-ring (bicyclic) bond motifs is 1. The molecule has 0 bridgehead atoms. The normalized spacial score (nSPS) is 11.0. The molecule has 7 nitrogen and oxygen atoms in total. The maximum Gasteiger partial charge on any atom is 0.325 e. The minimum atomic E-state index is -0.954. The van der Waals surface area contributed by atoms with Crippen LogP contribution in [0.3, 0.4) is 0 Å². The Morgan fingerprint density at radius 1 is 0.938 bits per heavy atom. The van der Waals surface area contributed by atoms with Gasteiger partial charge in [0.25, 0.3) is 0 Å². The Morgan fingerprint density at radius 2 is 1.66 bits per heavy atom. The van der Waals surface area contributed by atoms with Gasteiger partial charge >= 0.3 is 5.97 Å². The zero-order valence-corrected chi connectivity index (χ0v) is 17.0. The molecule has 1 N–H and O–H groups in total. The summed E-state index contributed by atoms with van der Waals surface area (Å²) in [4.78, 5) is 15.8. The van der Waals surface area contributed by atoms with Crippen molar-refractivity contribution in [1.29, 1.82) is 0 Å². The fourth-order valence-corrected chi connectivity index (χ4v) is 3.57. The van der Waals surface area contributed by atoms with Crippen molar-refractivity contribution in [2.24, 2.45) is 0 Å². The van der Waals surface area contributed by atoms with Crippen LogP contribution in [-0.4, -0.2) is 25.8 Å². The molecule has 0 fully saturated rings. The molecule has 32 heavy (non-hydrogen) atoms. The summed E-state index contributed by atoms with van der Waals surface area (Å²) in [5.74, 6) is 0.820. The Kier molecular flexibility index (Phi) is 5.13. The van der Waals surface area contributed by atoms with Gasteiger partial charge in [-0.05, 0) is 24.3 Å². The summed E-state index contributed by atoms with van der Waals surface area (Å²) in [6.07, 6.45) is 1.61. The summed E-state index contributed by atoms with van der Waals surface area (Å²) in [6.45, 7) is -0.0292. The Hall–Kier alpha value is -4.39. The highest BCUT2D eigenvalue weighted by molar-refractivity contribution is 5.86. The van der Waals surface area contributed by atoms with Crippen LogP contribution in [0.4, 0.5) is 0 Å². The maximum atomic E-state index is 11.1. The van der Waals surface area contributed by atoms with Crippen LogP contribution in [-0.2, 0) is 17.9 Å². The van der Waals surface area contributed by atoms with Gasteiger partial charge < -0.3 is 14.3 Å². The van der Waals surface area contributed by atoms with Crippen molar-refractivity contribution < 1.29 is 19.1 Å². The molecular formula is C25H19N3O4. The Morgan fingerprint density at radius 3 is 2.38 bits per heavy atom. The molecule has 0 unspecified atom stereocenters. The number of hydrogen-bond donors (Lipinski definition) is 1. The molecule has 158 valence electrons. The van der Waals surface area contributed by atoms with Crippen molar-refractivity contribution >= 4 is 16.9 Å². The molecule has 0 aliphatic carbocycles. The average Bonchev–Trinajstić information content (AvgIpc) is 3.43. The molecule has 0 aliphatic rings. The summed E-state index contributed by atoms with van der Waals surface area (Å²) < 4.78 is 13.7. The standard InChI is InChI=1S/C25H19N3O4/c29-23(30)15-28-21-12-7-13-22(19(21)14-26-28)31-16-20-24(17-8-3-1-4-9-17)32-25(27-20)18-10-5-2-6-11-18/h1-14H,15-16H2,(H,29,30). The van der Waals surface area contributed by atoms with Gasteiger partial charge in [0.15, 0.2) is 5.76 Å². The van der Waals surface area contributed by atoms with Crippen molar-refractivity contribution in [3.63, 3.8) is 0 Å². The van der Waals surface area contributed by atoms with Crippen molar-refractivity contribution in [2.75, 3.05) is 0 Å². The highest BCUT2D eigenvalue weighted by Gasteiger charge is 2.18. The molecule has 3 aromatic carbocycles. The van der Waals surface area contributed by atoms with Crippen LogP contribution >= 0.6 is 0 Å². The van der Waals surface area contributed by atoms with Crippen molar-refractivity contribution in [3.05, 3.63) is 90.8 Å². The van der Waals surface area contributed by atoms with Gasteiger partial charge in [-0.25, -0.2) is 4.98 Å². The van der Waals surface area contributed by atoms with Crippen LogP contribution in [0.1, 0.15) is 5.69 Å². The van der Waals surface area contributed by atoms with E-state index in [4.69, 9.17) is 19.2 Å². The molecule has 0 saturated heterocycles. The monoisotopic (exact) mass is 425 g/mol. The Balaban J connectivity index is 1.48. The number of rotatable bonds is 7. The first-order valence-corrected chi connectivity index (χ1v) is 10.1. The summed E-state index contributed by atoms with van der Waals surface area (Å²) in [5.41, 5.74) is 3.16. The predicted molar refractivity (Wildman–Crippen MR) is 119 cm³/mol. The van der Waals surface area contributed by atoms with Crippen LogP contribution < -0.4 is 4.74 Å². The smallest absolute Gasteiger partial charge is 0.325 e. The quantitative estimate of drug-likeness (QED) is 0.394. The number of carboxylic acids is 1. The number of ether oxygens (including phenoxy) is 1. The second kappa shape index (κ2) is 8.39. The van der Waals surface area contributed by atoms with Crippen LogP contribution in [0.15, 0.2) is 89.5 Å². The molecule has 5 aromatic rings. The number of nitrogens with zero attached hydrogens (tertiary/aromatic N) is 3. The van der Waals surface area contributed by atoms with E-state index in [1.54, 1.807) is 6.20 Å². The minimum Gasteiger partial charge on any atom is -0.486 e. The number of oxazole rings is 1. The first-order valence-electron chi connectivity index (χ1n) is 10.1. The molecule has 5 rings (SSSR count). The Bertz CT molecular complexity index is 1370. The highest BCUT2D eigenvalue weighted by atomic mass is 16.5. The molecule has 0 amide bonds. The summed E-state index contributed by atoms with van der Waals surface area (Å²) in [7, 11) is 0. The molecule has 0 spiro atoms. The second-order valence-corrected chi connectivity index (χ2v) is 7.20. The molecule has 0 atom stereocenters. The van der Waals surface area contributed by atoms with E-state index in [9.17, 15) is 4.79 Å². The third-order valence-corrected chi connectivity index (χ3v) is 5.05. The lowest BCUT2D eigenvalue weighted by molar-refractivity contribution is -0.137. The minimum absolute atomic E-state index is 0.184. The molecule has 0 radical (unpaired) electrons. The number of aromatic nitrogens is 3. The zero-order valence-electron chi connectivity index (χ0n) is 17.0. The van der Waals surface area contributed by atoms with E-state index in [-0.39, 0.29) is 13.2 Å². The van der Waals surface area contributed by atoms with Gasteiger partial charge in [-0.1, -0.05) is 54.6 Å². The molecular weight excluding hydrogens is 406 g/mol. The molecule has 2 heterocycles. The van der Waals surface area contributed by atoms with E-state index in [0.29, 0.717) is 28.6 Å². The van der Waals surface area contributed by atoms with Crippen molar-refractivity contribution in [3.8, 4) is 28.5 Å². The van der Waals surface area contributed by atoms with Crippen molar-refractivity contribution in [2.45, 2.75) is 13.2 Å². The maximum absolute atomic E-state index is 11.1. The zero-order chi connectivity index (χ0) is 21.9. The van der Waals surface area contributed by atoms with Crippen LogP contribution in [0.5, 0.6) is 5.75 Å². The first-order chi connectivity index (χ1) is 15.7. The van der Waals surface area contributed by atoms with Gasteiger partial charge in [-0.15, -0.1) is 0 Å². The van der Waals surface area contributed by atoms with E-state index in [2.05, 4.69) is 5.10 Å². The number of carboxylic acid groups (broad SMARTS) is 1. The van der Waals surface area contributed by atoms with E-state index < -0.39 is 5.97 Å². The molecule has 0 aliphatic heterocycles. The molecule has 0 saturated carbocycles. The van der Waals surface area contributed by atoms with Gasteiger partial charge in [0.1, 0.15) is 24.6 Å². The summed E-state index contributed by atoms with van der Waals surface area (Å²) in [5, 5.41) is 14.0. The van der Waals surface area contributed by atoms with Gasteiger partial charge in [-0.2, -0.15) is 5.10 Å². The van der Waals surface area contributed by atoms with Gasteiger partial charge in [0, 0.05) is 11.1 Å². The number of benzene rings is 3. The predicted octanol–water partition coefficient (Wildman–Crippen LogP) is 5.02. The van der Waals surface area contributed by atoms with E-state index >= 15 is 0 Å². The van der Waals surface area contributed by atoms with Crippen LogP contribution in [0.2, 0.25) is 0 Å². The number of aliphatic carboxylic acids is 1. The SMILES string of the molecule is O=C(O)Cn1ncc2c(OCc3nc(-c4ccccc4)oc3-c3ccccc3)cccc21. The van der Waals surface area contributed by atoms with E-state index in [1.807, 2.05) is 78.9 Å². The fourth-order valence-electron chi connectivity index (χ4n) is 3.57. The van der Waals surface area contributed by atoms with Crippen molar-refractivity contribution in [1.82, 2.24) is 14.8 Å². The van der Waals surface area contributed by atoms with Crippen LogP contribution in [0.25, 0.3) is 33.7 Å². The lowest BCUT2D eigenvalue weighted by Crippen LogP contribution is -2.09. The molecule has 2 aromatic heterocycles. The summed E-state index contributed by atoms with van der Waals surface area (Å²) in [6, 6.07) is 25.0. The summed E-state index contributed by atoms with van der Waals surface area (Å²) >= 11 is 0. The van der Waals surface area contributed by atoms with E-state index in [0.717, 1.165) is 16.5 Å². The Labute approximate surface area is 183 Å². The average molecular weight is 425 g/mol. The number of carbonyl (C=O) groups is 1. The highest BCUT2D eigenvalue weighted by Crippen LogP contribution is 2.32. The third-order valence-electron chi connectivity index (χ3n) is 5.05. The second-order valence-electron chi connectivity index (χ2n) is 7.20. The van der Waals surface area contributed by atoms with Gasteiger partial charge in [0.2, 0.25) is 5.89 Å².